The molecule has 0 aromatic carbocycles. The van der Waals surface area contributed by atoms with Crippen LogP contribution >= 0.6 is 0 Å². The highest BCUT2D eigenvalue weighted by Crippen LogP contribution is 2.39. The highest BCUT2D eigenvalue weighted by molar-refractivity contribution is 5.94. The molecule has 1 amide bonds. The quantitative estimate of drug-likeness (QED) is 0.840. The number of nitrogens with zero attached hydrogens (tertiary/aromatic N) is 3. The third-order valence-corrected chi connectivity index (χ3v) is 6.10. The molecule has 2 saturated heterocycles. The Labute approximate surface area is 160 Å². The summed E-state index contributed by atoms with van der Waals surface area (Å²) >= 11 is 0. The number of hydrogen-bond acceptors (Lipinski definition) is 5. The van der Waals surface area contributed by atoms with E-state index in [4.69, 9.17) is 4.74 Å². The minimum Gasteiger partial charge on any atom is -0.388 e. The van der Waals surface area contributed by atoms with E-state index in [1.54, 1.807) is 21.7 Å². The van der Waals surface area contributed by atoms with E-state index < -0.39 is 11.0 Å². The smallest absolute Gasteiger partial charge is 0.254 e. The van der Waals surface area contributed by atoms with Gasteiger partial charge in [0.15, 0.2) is 0 Å². The molecule has 1 atom stereocenters. The molecule has 1 aromatic heterocycles. The van der Waals surface area contributed by atoms with Crippen molar-refractivity contribution in [2.75, 3.05) is 45.9 Å². The summed E-state index contributed by atoms with van der Waals surface area (Å²) in [5.74, 6) is -0.142. The van der Waals surface area contributed by atoms with E-state index in [1.807, 2.05) is 20.8 Å². The van der Waals surface area contributed by atoms with E-state index in [-0.39, 0.29) is 11.5 Å². The zero-order valence-electron chi connectivity index (χ0n) is 16.6. The maximum Gasteiger partial charge on any atom is 0.254 e. The van der Waals surface area contributed by atoms with Crippen molar-refractivity contribution in [1.82, 2.24) is 14.4 Å². The van der Waals surface area contributed by atoms with Crippen LogP contribution in [0.25, 0.3) is 0 Å². The van der Waals surface area contributed by atoms with Gasteiger partial charge in [-0.05, 0) is 19.4 Å². The van der Waals surface area contributed by atoms with E-state index in [1.165, 1.54) is 6.07 Å². The molecule has 2 fully saturated rings. The Hall–Kier alpha value is -1.70. The van der Waals surface area contributed by atoms with Crippen molar-refractivity contribution in [3.8, 4) is 0 Å². The molecular formula is C20H31N3O4. The molecule has 3 rings (SSSR count). The Bertz CT molecular complexity index is 739. The van der Waals surface area contributed by atoms with E-state index in [2.05, 4.69) is 4.90 Å². The number of piperidine rings is 1. The van der Waals surface area contributed by atoms with Gasteiger partial charge in [0.05, 0.1) is 18.8 Å². The van der Waals surface area contributed by atoms with Gasteiger partial charge in [-0.2, -0.15) is 0 Å². The second-order valence-corrected chi connectivity index (χ2v) is 8.32. The number of amides is 1. The SMILES string of the molecule is CCn1ccc(C(=O)N2CCC(O)(CN3CCOCC3)C(C)(C)C2)cc1=O. The van der Waals surface area contributed by atoms with Crippen molar-refractivity contribution in [1.29, 1.82) is 0 Å². The molecule has 0 spiro atoms. The Morgan fingerprint density at radius 2 is 1.96 bits per heavy atom. The predicted molar refractivity (Wildman–Crippen MR) is 103 cm³/mol. The topological polar surface area (TPSA) is 75.0 Å². The van der Waals surface area contributed by atoms with Crippen LogP contribution in [-0.4, -0.2) is 76.9 Å². The lowest BCUT2D eigenvalue weighted by molar-refractivity contribution is -0.133. The van der Waals surface area contributed by atoms with Crippen LogP contribution in [0, 0.1) is 5.41 Å². The second kappa shape index (κ2) is 7.73. The first-order valence-electron chi connectivity index (χ1n) is 9.78. The molecule has 0 saturated carbocycles. The van der Waals surface area contributed by atoms with Gasteiger partial charge in [-0.25, -0.2) is 0 Å². The third-order valence-electron chi connectivity index (χ3n) is 6.10. The average molecular weight is 377 g/mol. The van der Waals surface area contributed by atoms with Crippen LogP contribution < -0.4 is 5.56 Å². The van der Waals surface area contributed by atoms with Crippen molar-refractivity contribution >= 4 is 5.91 Å². The fourth-order valence-corrected chi connectivity index (χ4v) is 4.04. The Morgan fingerprint density at radius 1 is 1.26 bits per heavy atom. The number of aromatic nitrogens is 1. The lowest BCUT2D eigenvalue weighted by Gasteiger charge is -2.52. The van der Waals surface area contributed by atoms with Crippen molar-refractivity contribution in [2.24, 2.45) is 5.41 Å². The molecular weight excluding hydrogens is 346 g/mol. The highest BCUT2D eigenvalue weighted by atomic mass is 16.5. The number of likely N-dealkylation sites (tertiary alicyclic amines) is 1. The van der Waals surface area contributed by atoms with E-state index in [0.717, 1.165) is 13.1 Å². The molecule has 7 heteroatoms. The first kappa shape index (κ1) is 20.0. The van der Waals surface area contributed by atoms with Gasteiger partial charge in [0.1, 0.15) is 0 Å². The molecule has 2 aliphatic rings. The standard InChI is InChI=1S/C20H31N3O4/c1-4-22-7-5-16(13-17(22)24)18(25)23-8-6-20(26,19(2,3)14-23)15-21-9-11-27-12-10-21/h5,7,13,26H,4,6,8-12,14-15H2,1-3H3. The molecule has 1 unspecified atom stereocenters. The van der Waals surface area contributed by atoms with Gasteiger partial charge >= 0.3 is 0 Å². The summed E-state index contributed by atoms with van der Waals surface area (Å²) in [7, 11) is 0. The molecule has 7 nitrogen and oxygen atoms in total. The van der Waals surface area contributed by atoms with Crippen molar-refractivity contribution in [2.45, 2.75) is 39.3 Å². The third kappa shape index (κ3) is 4.10. The summed E-state index contributed by atoms with van der Waals surface area (Å²) < 4.78 is 6.96. The van der Waals surface area contributed by atoms with Crippen LogP contribution in [0.15, 0.2) is 23.1 Å². The summed E-state index contributed by atoms with van der Waals surface area (Å²) in [6.45, 7) is 11.1. The molecule has 1 aromatic rings. The van der Waals surface area contributed by atoms with Crippen molar-refractivity contribution < 1.29 is 14.6 Å². The van der Waals surface area contributed by atoms with E-state index in [0.29, 0.717) is 51.4 Å². The number of rotatable bonds is 4. The molecule has 2 aliphatic heterocycles. The average Bonchev–Trinajstić information content (AvgIpc) is 2.64. The van der Waals surface area contributed by atoms with Crippen LogP contribution in [0.3, 0.4) is 0 Å². The van der Waals surface area contributed by atoms with Gasteiger partial charge in [0.2, 0.25) is 0 Å². The van der Waals surface area contributed by atoms with Gasteiger partial charge in [0.25, 0.3) is 11.5 Å². The van der Waals surface area contributed by atoms with Crippen molar-refractivity contribution in [3.05, 3.63) is 34.2 Å². The van der Waals surface area contributed by atoms with E-state index in [9.17, 15) is 14.7 Å². The summed E-state index contributed by atoms with van der Waals surface area (Å²) in [6.07, 6.45) is 2.19. The monoisotopic (exact) mass is 377 g/mol. The van der Waals surface area contributed by atoms with Gasteiger partial charge in [-0.1, -0.05) is 13.8 Å². The number of aryl methyl sites for hydroxylation is 1. The lowest BCUT2D eigenvalue weighted by Crippen LogP contribution is -2.63. The minimum atomic E-state index is -0.854. The van der Waals surface area contributed by atoms with Gasteiger partial charge in [-0.3, -0.25) is 14.5 Å². The highest BCUT2D eigenvalue weighted by Gasteiger charge is 2.49. The number of aliphatic hydroxyl groups is 1. The number of morpholine rings is 1. The summed E-state index contributed by atoms with van der Waals surface area (Å²) in [5, 5.41) is 11.4. The van der Waals surface area contributed by atoms with Crippen LogP contribution in [0.1, 0.15) is 37.6 Å². The fraction of sp³-hybridized carbons (Fsp3) is 0.700. The van der Waals surface area contributed by atoms with Crippen LogP contribution in [0.5, 0.6) is 0 Å². The molecule has 27 heavy (non-hydrogen) atoms. The fourth-order valence-electron chi connectivity index (χ4n) is 4.04. The summed E-state index contributed by atoms with van der Waals surface area (Å²) in [4.78, 5) is 29.0. The maximum atomic E-state index is 12.9. The summed E-state index contributed by atoms with van der Waals surface area (Å²) in [6, 6.07) is 3.11. The number of ether oxygens (including phenoxy) is 1. The number of carbonyl (C=O) groups is 1. The van der Waals surface area contributed by atoms with Gasteiger partial charge in [-0.15, -0.1) is 0 Å². The lowest BCUT2D eigenvalue weighted by atomic mass is 9.69. The number of carbonyl (C=O) groups excluding carboxylic acids is 1. The zero-order chi connectivity index (χ0) is 19.7. The number of hydrogen-bond donors (Lipinski definition) is 1. The minimum absolute atomic E-state index is 0.142. The largest absolute Gasteiger partial charge is 0.388 e. The molecule has 0 radical (unpaired) electrons. The van der Waals surface area contributed by atoms with Crippen LogP contribution in [0.2, 0.25) is 0 Å². The number of β-amino-alcohol motifs (C(OH)–C–C–N with tert-alkyl or cyclic N) is 1. The Kier molecular flexibility index (Phi) is 5.74. The van der Waals surface area contributed by atoms with Gasteiger partial charge in [0, 0.05) is 62.5 Å². The molecule has 150 valence electrons. The normalized spacial score (nSPS) is 26.1. The van der Waals surface area contributed by atoms with Crippen molar-refractivity contribution in [3.63, 3.8) is 0 Å². The van der Waals surface area contributed by atoms with E-state index >= 15 is 0 Å². The molecule has 1 N–H and O–H groups in total. The second-order valence-electron chi connectivity index (χ2n) is 8.32. The van der Waals surface area contributed by atoms with Crippen LogP contribution in [-0.2, 0) is 11.3 Å². The molecule has 0 bridgehead atoms. The molecule has 3 heterocycles. The first-order chi connectivity index (χ1) is 12.8. The maximum absolute atomic E-state index is 12.9. The number of pyridine rings is 1. The zero-order valence-corrected chi connectivity index (χ0v) is 16.6. The molecule has 0 aliphatic carbocycles. The summed E-state index contributed by atoms with van der Waals surface area (Å²) in [5.41, 5.74) is -1.05. The Morgan fingerprint density at radius 3 is 2.56 bits per heavy atom. The predicted octanol–water partition coefficient (Wildman–Crippen LogP) is 0.804. The Balaban J connectivity index is 1.71. The van der Waals surface area contributed by atoms with Gasteiger partial charge < -0.3 is 19.3 Å². The first-order valence-corrected chi connectivity index (χ1v) is 9.78. The van der Waals surface area contributed by atoms with Crippen LogP contribution in [0.4, 0.5) is 0 Å².